The average molecular weight is 346 g/mol. The fraction of sp³-hybridized carbons (Fsp3) is 0.579. The van der Waals surface area contributed by atoms with E-state index in [1.54, 1.807) is 9.13 Å². The maximum atomic E-state index is 12.7. The Bertz CT molecular complexity index is 771. The van der Waals surface area contributed by atoms with Gasteiger partial charge in [-0.25, -0.2) is 4.79 Å². The van der Waals surface area contributed by atoms with Crippen molar-refractivity contribution in [2.45, 2.75) is 65.1 Å². The lowest BCUT2D eigenvalue weighted by Crippen LogP contribution is -2.49. The molecule has 6 heteroatoms. The summed E-state index contributed by atoms with van der Waals surface area (Å²) in [6, 6.07) is 7.73. The average Bonchev–Trinajstić information content (AvgIpc) is 2.90. The van der Waals surface area contributed by atoms with Crippen LogP contribution in [0.2, 0.25) is 0 Å². The van der Waals surface area contributed by atoms with Gasteiger partial charge in [0.1, 0.15) is 0 Å². The summed E-state index contributed by atoms with van der Waals surface area (Å²) in [6.45, 7) is 7.62. The van der Waals surface area contributed by atoms with E-state index in [0.29, 0.717) is 19.6 Å². The third-order valence-corrected chi connectivity index (χ3v) is 4.98. The molecule has 0 saturated heterocycles. The number of imidazole rings is 1. The highest BCUT2D eigenvalue weighted by Crippen LogP contribution is 2.14. The molecular weight excluding hydrogens is 316 g/mol. The minimum atomic E-state index is -0.357. The van der Waals surface area contributed by atoms with Crippen LogP contribution in [0.15, 0.2) is 29.1 Å². The summed E-state index contributed by atoms with van der Waals surface area (Å²) in [5.41, 5.74) is 7.61. The van der Waals surface area contributed by atoms with Gasteiger partial charge in [-0.1, -0.05) is 32.9 Å². The van der Waals surface area contributed by atoms with Crippen molar-refractivity contribution in [3.63, 3.8) is 0 Å². The van der Waals surface area contributed by atoms with E-state index in [0.717, 1.165) is 30.3 Å². The molecule has 1 aromatic heterocycles. The first kappa shape index (κ1) is 19.2. The van der Waals surface area contributed by atoms with Gasteiger partial charge in [-0.15, -0.1) is 0 Å². The molecule has 1 aromatic carbocycles. The number of benzene rings is 1. The molecule has 6 nitrogen and oxygen atoms in total. The van der Waals surface area contributed by atoms with Crippen molar-refractivity contribution in [3.05, 3.63) is 34.7 Å². The monoisotopic (exact) mass is 346 g/mol. The second-order valence-electron chi connectivity index (χ2n) is 6.67. The Kier molecular flexibility index (Phi) is 6.42. The van der Waals surface area contributed by atoms with Crippen LogP contribution in [-0.4, -0.2) is 27.1 Å². The smallest absolute Gasteiger partial charge is 0.329 e. The Morgan fingerprint density at radius 2 is 1.64 bits per heavy atom. The molecule has 2 aromatic rings. The number of amides is 1. The number of carbonyl (C=O) groups excluding carboxylic acids is 1. The molecular formula is C19H30N4O2. The number of hydrogen-bond acceptors (Lipinski definition) is 3. The maximum Gasteiger partial charge on any atom is 0.329 e. The van der Waals surface area contributed by atoms with Crippen molar-refractivity contribution < 1.29 is 4.79 Å². The summed E-state index contributed by atoms with van der Waals surface area (Å²) in [4.78, 5) is 24.9. The number of nitrogens with two attached hydrogens (primary N) is 1. The third kappa shape index (κ3) is 4.31. The summed E-state index contributed by atoms with van der Waals surface area (Å²) in [6.07, 6.45) is 2.78. The molecule has 0 saturated carbocycles. The van der Waals surface area contributed by atoms with Crippen LogP contribution in [0.3, 0.4) is 0 Å². The molecule has 0 radical (unpaired) electrons. The Balaban J connectivity index is 2.10. The Labute approximate surface area is 149 Å². The Morgan fingerprint density at radius 3 is 2.16 bits per heavy atom. The number of aromatic nitrogens is 2. The number of carbonyl (C=O) groups is 1. The minimum absolute atomic E-state index is 0.0499. The quantitative estimate of drug-likeness (QED) is 0.730. The predicted octanol–water partition coefficient (Wildman–Crippen LogP) is 2.24. The second-order valence-corrected chi connectivity index (χ2v) is 6.67. The summed E-state index contributed by atoms with van der Waals surface area (Å²) in [7, 11) is 0. The number of para-hydroxylation sites is 2. The summed E-state index contributed by atoms with van der Waals surface area (Å²) in [5.74, 6) is -0.0732. The van der Waals surface area contributed by atoms with Gasteiger partial charge in [0.25, 0.3) is 0 Å². The predicted molar refractivity (Wildman–Crippen MR) is 102 cm³/mol. The minimum Gasteiger partial charge on any atom is -0.354 e. The van der Waals surface area contributed by atoms with E-state index in [9.17, 15) is 9.59 Å². The number of aryl methyl sites for hydroxylation is 2. The second kappa shape index (κ2) is 8.34. The van der Waals surface area contributed by atoms with Gasteiger partial charge in [-0.05, 0) is 31.4 Å². The fourth-order valence-corrected chi connectivity index (χ4v) is 3.00. The van der Waals surface area contributed by atoms with Crippen LogP contribution in [0.1, 0.15) is 46.5 Å². The molecule has 0 spiro atoms. The first-order chi connectivity index (χ1) is 12.0. The van der Waals surface area contributed by atoms with Gasteiger partial charge in [-0.2, -0.15) is 0 Å². The van der Waals surface area contributed by atoms with E-state index in [-0.39, 0.29) is 23.6 Å². The molecule has 0 bridgehead atoms. The number of nitrogens with zero attached hydrogens (tertiary/aromatic N) is 2. The van der Waals surface area contributed by atoms with Crippen LogP contribution >= 0.6 is 0 Å². The summed E-state index contributed by atoms with van der Waals surface area (Å²) >= 11 is 0. The molecule has 0 aliphatic carbocycles. The van der Waals surface area contributed by atoms with Crippen LogP contribution in [0.25, 0.3) is 11.0 Å². The molecule has 0 aliphatic heterocycles. The topological polar surface area (TPSA) is 82.0 Å². The van der Waals surface area contributed by atoms with Crippen LogP contribution in [-0.2, 0) is 17.9 Å². The van der Waals surface area contributed by atoms with Crippen LogP contribution < -0.4 is 16.7 Å². The summed E-state index contributed by atoms with van der Waals surface area (Å²) < 4.78 is 3.48. The normalized spacial score (nSPS) is 11.8. The van der Waals surface area contributed by atoms with Gasteiger partial charge in [0, 0.05) is 31.6 Å². The number of rotatable bonds is 9. The van der Waals surface area contributed by atoms with E-state index in [1.165, 1.54) is 0 Å². The van der Waals surface area contributed by atoms with Gasteiger partial charge in [0.2, 0.25) is 5.91 Å². The summed E-state index contributed by atoms with van der Waals surface area (Å²) in [5, 5.41) is 2.91. The molecule has 138 valence electrons. The maximum absolute atomic E-state index is 12.7. The lowest BCUT2D eigenvalue weighted by Gasteiger charge is -2.26. The largest absolute Gasteiger partial charge is 0.354 e. The zero-order valence-corrected chi connectivity index (χ0v) is 15.5. The van der Waals surface area contributed by atoms with Crippen molar-refractivity contribution >= 4 is 16.9 Å². The van der Waals surface area contributed by atoms with E-state index < -0.39 is 0 Å². The van der Waals surface area contributed by atoms with Crippen molar-refractivity contribution in [1.82, 2.24) is 14.5 Å². The van der Waals surface area contributed by atoms with Gasteiger partial charge in [-0.3, -0.25) is 13.9 Å². The van der Waals surface area contributed by atoms with E-state index in [1.807, 2.05) is 45.0 Å². The highest BCUT2D eigenvalue weighted by atomic mass is 16.2. The fourth-order valence-electron chi connectivity index (χ4n) is 3.00. The van der Waals surface area contributed by atoms with Crippen molar-refractivity contribution in [1.29, 1.82) is 0 Å². The number of nitrogens with one attached hydrogen (secondary N) is 1. The Hall–Kier alpha value is -2.08. The first-order valence-corrected chi connectivity index (χ1v) is 9.19. The highest BCUT2D eigenvalue weighted by Gasteiger charge is 2.21. The molecule has 0 atom stereocenters. The standard InChI is InChI=1S/C19H30N4O2/c1-4-12-22-15-9-7-8-10-16(15)23(18(22)25)13-11-17(24)21-14-19(20,5-2)6-3/h7-10H,4-6,11-14,20H2,1-3H3,(H,21,24). The molecule has 1 amide bonds. The zero-order valence-electron chi connectivity index (χ0n) is 15.5. The molecule has 3 N–H and O–H groups in total. The lowest BCUT2D eigenvalue weighted by atomic mass is 9.94. The molecule has 25 heavy (non-hydrogen) atoms. The molecule has 1 heterocycles. The zero-order chi connectivity index (χ0) is 18.4. The van der Waals surface area contributed by atoms with Gasteiger partial charge < -0.3 is 11.1 Å². The SMILES string of the molecule is CCCn1c(=O)n(CCC(=O)NCC(N)(CC)CC)c2ccccc21. The third-order valence-electron chi connectivity index (χ3n) is 4.98. The van der Waals surface area contributed by atoms with Crippen molar-refractivity contribution in [2.75, 3.05) is 6.54 Å². The van der Waals surface area contributed by atoms with E-state index in [4.69, 9.17) is 5.73 Å². The Morgan fingerprint density at radius 1 is 1.08 bits per heavy atom. The van der Waals surface area contributed by atoms with Crippen molar-refractivity contribution in [2.24, 2.45) is 5.73 Å². The molecule has 0 fully saturated rings. The first-order valence-electron chi connectivity index (χ1n) is 9.19. The number of hydrogen-bond donors (Lipinski definition) is 2. The van der Waals surface area contributed by atoms with E-state index in [2.05, 4.69) is 5.32 Å². The molecule has 0 unspecified atom stereocenters. The highest BCUT2D eigenvalue weighted by molar-refractivity contribution is 5.78. The van der Waals surface area contributed by atoms with Gasteiger partial charge in [0.05, 0.1) is 11.0 Å². The molecule has 2 rings (SSSR count). The molecule has 0 aliphatic rings. The van der Waals surface area contributed by atoms with Crippen LogP contribution in [0.4, 0.5) is 0 Å². The van der Waals surface area contributed by atoms with Crippen molar-refractivity contribution in [3.8, 4) is 0 Å². The van der Waals surface area contributed by atoms with Crippen LogP contribution in [0.5, 0.6) is 0 Å². The van der Waals surface area contributed by atoms with Crippen LogP contribution in [0, 0.1) is 0 Å². The van der Waals surface area contributed by atoms with Gasteiger partial charge >= 0.3 is 5.69 Å². The van der Waals surface area contributed by atoms with E-state index >= 15 is 0 Å². The number of fused-ring (bicyclic) bond motifs is 1. The van der Waals surface area contributed by atoms with Gasteiger partial charge in [0.15, 0.2) is 0 Å². The lowest BCUT2D eigenvalue weighted by molar-refractivity contribution is -0.121.